The third-order valence-corrected chi connectivity index (χ3v) is 4.99. The van der Waals surface area contributed by atoms with Gasteiger partial charge < -0.3 is 10.2 Å². The van der Waals surface area contributed by atoms with Gasteiger partial charge in [0.15, 0.2) is 5.69 Å². The zero-order valence-corrected chi connectivity index (χ0v) is 17.1. The summed E-state index contributed by atoms with van der Waals surface area (Å²) in [5, 5.41) is 6.76. The number of rotatable bonds is 6. The highest BCUT2D eigenvalue weighted by molar-refractivity contribution is 6.30. The number of amides is 1. The van der Waals surface area contributed by atoms with Crippen LogP contribution in [0.2, 0.25) is 5.02 Å². The molecular weight excluding hydrogens is 417 g/mol. The van der Waals surface area contributed by atoms with E-state index in [1.54, 1.807) is 0 Å². The van der Waals surface area contributed by atoms with Crippen molar-refractivity contribution >= 4 is 23.2 Å². The summed E-state index contributed by atoms with van der Waals surface area (Å²) in [6.07, 6.45) is -3.84. The first-order chi connectivity index (χ1) is 14.2. The summed E-state index contributed by atoms with van der Waals surface area (Å²) < 4.78 is 41.9. The van der Waals surface area contributed by atoms with E-state index in [4.69, 9.17) is 11.6 Å². The molecule has 1 heterocycles. The normalized spacial score (nSPS) is 12.5. The maximum atomic E-state index is 13.7. The highest BCUT2D eigenvalue weighted by Gasteiger charge is 2.40. The third-order valence-electron chi connectivity index (χ3n) is 4.74. The van der Waals surface area contributed by atoms with Gasteiger partial charge in [0.25, 0.3) is 5.91 Å². The quantitative estimate of drug-likeness (QED) is 0.604. The Morgan fingerprint density at radius 3 is 2.40 bits per heavy atom. The van der Waals surface area contributed by atoms with Crippen molar-refractivity contribution in [2.45, 2.75) is 19.1 Å². The van der Waals surface area contributed by atoms with Gasteiger partial charge in [-0.05, 0) is 43.3 Å². The first-order valence-electron chi connectivity index (χ1n) is 9.15. The lowest BCUT2D eigenvalue weighted by molar-refractivity contribution is -0.143. The van der Waals surface area contributed by atoms with Gasteiger partial charge in [0.05, 0.1) is 17.4 Å². The van der Waals surface area contributed by atoms with Crippen molar-refractivity contribution in [3.05, 3.63) is 77.1 Å². The second-order valence-corrected chi connectivity index (χ2v) is 7.23. The van der Waals surface area contributed by atoms with Gasteiger partial charge in [0.1, 0.15) is 0 Å². The van der Waals surface area contributed by atoms with E-state index in [-0.39, 0.29) is 18.3 Å². The van der Waals surface area contributed by atoms with Crippen LogP contribution in [0.15, 0.2) is 60.8 Å². The van der Waals surface area contributed by atoms with E-state index < -0.39 is 23.3 Å². The maximum absolute atomic E-state index is 13.7. The molecule has 0 aliphatic carbocycles. The van der Waals surface area contributed by atoms with E-state index in [2.05, 4.69) is 10.4 Å². The molecule has 1 atom stereocenters. The van der Waals surface area contributed by atoms with Gasteiger partial charge in [-0.25, -0.2) is 4.68 Å². The third kappa shape index (κ3) is 4.76. The van der Waals surface area contributed by atoms with Crippen molar-refractivity contribution in [2.24, 2.45) is 0 Å². The zero-order chi connectivity index (χ0) is 21.9. The summed E-state index contributed by atoms with van der Waals surface area (Å²) in [4.78, 5) is 14.5. The van der Waals surface area contributed by atoms with Crippen molar-refractivity contribution in [2.75, 3.05) is 18.5 Å². The smallest absolute Gasteiger partial charge is 0.370 e. The Morgan fingerprint density at radius 2 is 1.80 bits per heavy atom. The van der Waals surface area contributed by atoms with Gasteiger partial charge in [0, 0.05) is 30.3 Å². The van der Waals surface area contributed by atoms with Crippen LogP contribution in [0.25, 0.3) is 5.69 Å². The number of likely N-dealkylation sites (N-methyl/N-ethyl adjacent to an activating group) is 1. The lowest BCUT2D eigenvalue weighted by Gasteiger charge is -2.27. The summed E-state index contributed by atoms with van der Waals surface area (Å²) in [5.41, 5.74) is -0.577. The lowest BCUT2D eigenvalue weighted by atomic mass is 10.2. The molecule has 9 heteroatoms. The second-order valence-electron chi connectivity index (χ2n) is 6.80. The van der Waals surface area contributed by atoms with E-state index in [9.17, 15) is 18.0 Å². The molecule has 0 saturated heterocycles. The van der Waals surface area contributed by atoms with Crippen LogP contribution in [0.4, 0.5) is 18.9 Å². The standard InChI is InChI=1S/C21H20ClF3N4O/c1-14(28(2)16-6-4-3-5-7-16)12-26-20(30)18-13-27-29(19(18)21(23,24)25)17-10-8-15(22)9-11-17/h3-11,13-14H,12H2,1-2H3,(H,26,30)/t14-/m1/s1. The van der Waals surface area contributed by atoms with E-state index in [1.165, 1.54) is 24.3 Å². The van der Waals surface area contributed by atoms with Crippen molar-refractivity contribution in [3.8, 4) is 5.69 Å². The van der Waals surface area contributed by atoms with Crippen molar-refractivity contribution in [3.63, 3.8) is 0 Å². The van der Waals surface area contributed by atoms with Gasteiger partial charge in [-0.1, -0.05) is 29.8 Å². The topological polar surface area (TPSA) is 50.2 Å². The number of carbonyl (C=O) groups excluding carboxylic acids is 1. The van der Waals surface area contributed by atoms with Crippen molar-refractivity contribution in [1.82, 2.24) is 15.1 Å². The first-order valence-corrected chi connectivity index (χ1v) is 9.53. The Balaban J connectivity index is 1.80. The SMILES string of the molecule is C[C@H](CNC(=O)c1cnn(-c2ccc(Cl)cc2)c1C(F)(F)F)N(C)c1ccccc1. The minimum absolute atomic E-state index is 0.142. The van der Waals surface area contributed by atoms with Crippen LogP contribution in [0.1, 0.15) is 23.0 Å². The number of alkyl halides is 3. The highest BCUT2D eigenvalue weighted by Crippen LogP contribution is 2.33. The molecule has 0 fully saturated rings. The molecule has 5 nitrogen and oxygen atoms in total. The minimum Gasteiger partial charge on any atom is -0.370 e. The number of anilines is 1. The van der Waals surface area contributed by atoms with Gasteiger partial charge >= 0.3 is 6.18 Å². The summed E-state index contributed by atoms with van der Waals surface area (Å²) >= 11 is 5.81. The Labute approximate surface area is 177 Å². The van der Waals surface area contributed by atoms with Gasteiger partial charge in [0.2, 0.25) is 0 Å². The van der Waals surface area contributed by atoms with E-state index in [1.807, 2.05) is 49.2 Å². The van der Waals surface area contributed by atoms with Crippen LogP contribution in [-0.4, -0.2) is 35.3 Å². The molecule has 0 unspecified atom stereocenters. The fraction of sp³-hybridized carbons (Fsp3) is 0.238. The van der Waals surface area contributed by atoms with Crippen LogP contribution in [0, 0.1) is 0 Å². The van der Waals surface area contributed by atoms with Crippen LogP contribution < -0.4 is 10.2 Å². The molecule has 30 heavy (non-hydrogen) atoms. The Morgan fingerprint density at radius 1 is 1.17 bits per heavy atom. The van der Waals surface area contributed by atoms with E-state index >= 15 is 0 Å². The molecule has 0 saturated carbocycles. The Bertz CT molecular complexity index is 1000. The predicted molar refractivity (Wildman–Crippen MR) is 110 cm³/mol. The van der Waals surface area contributed by atoms with E-state index in [0.717, 1.165) is 11.9 Å². The number of aromatic nitrogens is 2. The molecule has 3 aromatic rings. The maximum Gasteiger partial charge on any atom is 0.434 e. The average molecular weight is 437 g/mol. The number of carbonyl (C=O) groups is 1. The second kappa shape index (κ2) is 8.79. The van der Waals surface area contributed by atoms with Gasteiger partial charge in [-0.15, -0.1) is 0 Å². The Kier molecular flexibility index (Phi) is 6.36. The largest absolute Gasteiger partial charge is 0.434 e. The molecule has 0 aliphatic heterocycles. The predicted octanol–water partition coefficient (Wildman–Crippen LogP) is 4.80. The molecule has 1 N–H and O–H groups in total. The minimum atomic E-state index is -4.77. The molecule has 0 bridgehead atoms. The van der Waals surface area contributed by atoms with Crippen LogP contribution in [-0.2, 0) is 6.18 Å². The number of halogens is 4. The highest BCUT2D eigenvalue weighted by atomic mass is 35.5. The summed E-state index contributed by atoms with van der Waals surface area (Å²) in [7, 11) is 1.85. The van der Waals surface area contributed by atoms with Gasteiger partial charge in [-0.2, -0.15) is 18.3 Å². The molecule has 0 aliphatic rings. The molecule has 0 spiro atoms. The molecule has 3 rings (SSSR count). The molecular formula is C21H20ClF3N4O. The number of benzene rings is 2. The number of nitrogens with zero attached hydrogens (tertiary/aromatic N) is 3. The molecule has 0 radical (unpaired) electrons. The lowest BCUT2D eigenvalue weighted by Crippen LogP contribution is -2.40. The fourth-order valence-corrected chi connectivity index (χ4v) is 3.08. The number of nitrogens with one attached hydrogen (secondary N) is 1. The van der Waals surface area contributed by atoms with Crippen molar-refractivity contribution in [1.29, 1.82) is 0 Å². The Hall–Kier alpha value is -3.00. The van der Waals surface area contributed by atoms with Crippen LogP contribution in [0.5, 0.6) is 0 Å². The summed E-state index contributed by atoms with van der Waals surface area (Å²) in [6, 6.07) is 15.1. The molecule has 2 aromatic carbocycles. The molecule has 1 aromatic heterocycles. The molecule has 1 amide bonds. The van der Waals surface area contributed by atoms with Crippen LogP contribution in [0.3, 0.4) is 0 Å². The molecule has 158 valence electrons. The average Bonchev–Trinajstić information content (AvgIpc) is 3.18. The summed E-state index contributed by atoms with van der Waals surface area (Å²) in [6.45, 7) is 2.03. The monoisotopic (exact) mass is 436 g/mol. The first kappa shape index (κ1) is 21.7. The number of hydrogen-bond acceptors (Lipinski definition) is 3. The van der Waals surface area contributed by atoms with E-state index in [0.29, 0.717) is 9.70 Å². The fourth-order valence-electron chi connectivity index (χ4n) is 2.96. The van der Waals surface area contributed by atoms with Crippen molar-refractivity contribution < 1.29 is 18.0 Å². The number of para-hydroxylation sites is 1. The zero-order valence-electron chi connectivity index (χ0n) is 16.3. The van der Waals surface area contributed by atoms with Crippen LogP contribution >= 0.6 is 11.6 Å². The number of hydrogen-bond donors (Lipinski definition) is 1. The summed E-state index contributed by atoms with van der Waals surface area (Å²) in [5.74, 6) is -0.837. The van der Waals surface area contributed by atoms with Gasteiger partial charge in [-0.3, -0.25) is 4.79 Å².